The third kappa shape index (κ3) is 11.9. The molecule has 0 aromatic heterocycles. The fourth-order valence-electron chi connectivity index (χ4n) is 2.53. The summed E-state index contributed by atoms with van der Waals surface area (Å²) in [6.45, 7) is 5.27. The number of nitrogens with one attached hydrogen (secondary N) is 1. The van der Waals surface area contributed by atoms with Crippen LogP contribution in [0, 0.1) is 0 Å². The highest BCUT2D eigenvalue weighted by Gasteiger charge is 2.19. The lowest BCUT2D eigenvalue weighted by Crippen LogP contribution is -2.43. The number of carboxylic acids is 2. The first-order valence-corrected chi connectivity index (χ1v) is 10.1. The van der Waals surface area contributed by atoms with E-state index in [4.69, 9.17) is 42.9 Å². The molecule has 164 valence electrons. The van der Waals surface area contributed by atoms with Crippen LogP contribution in [-0.4, -0.2) is 79.6 Å². The van der Waals surface area contributed by atoms with Crippen molar-refractivity contribution in [1.29, 1.82) is 0 Å². The smallest absolute Gasteiger partial charge is 0.303 e. The van der Waals surface area contributed by atoms with Crippen molar-refractivity contribution in [2.45, 2.75) is 25.4 Å². The number of halogens is 2. The van der Waals surface area contributed by atoms with Gasteiger partial charge in [0.15, 0.2) is 0 Å². The number of benzene rings is 1. The highest BCUT2D eigenvalue weighted by Crippen LogP contribution is 2.28. The molecule has 0 aliphatic carbocycles. The Morgan fingerprint density at radius 2 is 1.83 bits per heavy atom. The standard InChI is InChI=1S/C15H22Cl2N2O2.C4H6O4/c1-18-5-4-13(11-19-6-8-20-9-7-19)21-15-3-2-12(16)10-14(15)17;5-3(6)1-2-4(7)8/h2-3,10,13,18H,4-9,11H2,1H3;1-2H2,(H,5,6)(H,7,8)/t13-;/m1./s1. The first-order chi connectivity index (χ1) is 13.8. The summed E-state index contributed by atoms with van der Waals surface area (Å²) in [6, 6.07) is 5.34. The summed E-state index contributed by atoms with van der Waals surface area (Å²) >= 11 is 12.1. The molecule has 0 saturated carbocycles. The van der Waals surface area contributed by atoms with Crippen molar-refractivity contribution in [1.82, 2.24) is 10.2 Å². The van der Waals surface area contributed by atoms with Crippen LogP contribution in [0.25, 0.3) is 0 Å². The molecule has 3 N–H and O–H groups in total. The van der Waals surface area contributed by atoms with Crippen molar-refractivity contribution < 1.29 is 29.3 Å². The van der Waals surface area contributed by atoms with Crippen molar-refractivity contribution in [3.05, 3.63) is 28.2 Å². The molecule has 0 spiro atoms. The molecule has 29 heavy (non-hydrogen) atoms. The van der Waals surface area contributed by atoms with E-state index < -0.39 is 11.9 Å². The second kappa shape index (κ2) is 14.4. The molecule has 1 atom stereocenters. The molecule has 0 radical (unpaired) electrons. The van der Waals surface area contributed by atoms with Gasteiger partial charge >= 0.3 is 11.9 Å². The van der Waals surface area contributed by atoms with Crippen LogP contribution in [-0.2, 0) is 14.3 Å². The van der Waals surface area contributed by atoms with Crippen LogP contribution in [0.15, 0.2) is 18.2 Å². The van der Waals surface area contributed by atoms with Crippen molar-refractivity contribution in [3.63, 3.8) is 0 Å². The van der Waals surface area contributed by atoms with Crippen molar-refractivity contribution in [2.24, 2.45) is 0 Å². The van der Waals surface area contributed by atoms with Crippen LogP contribution in [0.4, 0.5) is 0 Å². The van der Waals surface area contributed by atoms with E-state index in [0.717, 1.165) is 45.8 Å². The quantitative estimate of drug-likeness (QED) is 0.498. The number of carbonyl (C=O) groups is 2. The Morgan fingerprint density at radius 3 is 2.34 bits per heavy atom. The molecular weight excluding hydrogens is 423 g/mol. The maximum Gasteiger partial charge on any atom is 0.303 e. The summed E-state index contributed by atoms with van der Waals surface area (Å²) in [5, 5.41) is 20.1. The average Bonchev–Trinajstić information content (AvgIpc) is 2.68. The number of hydrogen-bond acceptors (Lipinski definition) is 6. The molecule has 1 aliphatic heterocycles. The molecule has 10 heteroatoms. The molecule has 0 bridgehead atoms. The van der Waals surface area contributed by atoms with E-state index in [0.29, 0.717) is 15.8 Å². The lowest BCUT2D eigenvalue weighted by molar-refractivity contribution is -0.143. The predicted molar refractivity (Wildman–Crippen MR) is 111 cm³/mol. The maximum absolute atomic E-state index is 9.64. The van der Waals surface area contributed by atoms with E-state index >= 15 is 0 Å². The van der Waals surface area contributed by atoms with E-state index in [1.807, 2.05) is 13.1 Å². The lowest BCUT2D eigenvalue weighted by atomic mass is 10.2. The Hall–Kier alpha value is -1.58. The van der Waals surface area contributed by atoms with Crippen molar-refractivity contribution in [3.8, 4) is 5.75 Å². The molecule has 1 aromatic carbocycles. The SMILES string of the molecule is CNCC[C@H](CN1CCOCC1)Oc1ccc(Cl)cc1Cl.O=C(O)CCC(=O)O. The summed E-state index contributed by atoms with van der Waals surface area (Å²) in [5.74, 6) is -1.46. The summed E-state index contributed by atoms with van der Waals surface area (Å²) in [5.41, 5.74) is 0. The van der Waals surface area contributed by atoms with Gasteiger partial charge in [-0.15, -0.1) is 0 Å². The summed E-state index contributed by atoms with van der Waals surface area (Å²) in [4.78, 5) is 21.6. The second-order valence-electron chi connectivity index (χ2n) is 6.41. The number of hydrogen-bond donors (Lipinski definition) is 3. The zero-order valence-corrected chi connectivity index (χ0v) is 17.9. The maximum atomic E-state index is 9.64. The largest absolute Gasteiger partial charge is 0.487 e. The fourth-order valence-corrected chi connectivity index (χ4v) is 2.98. The number of ether oxygens (including phenoxy) is 2. The molecule has 0 unspecified atom stereocenters. The summed E-state index contributed by atoms with van der Waals surface area (Å²) < 4.78 is 11.5. The van der Waals surface area contributed by atoms with Gasteiger partial charge in [0.1, 0.15) is 11.9 Å². The highest BCUT2D eigenvalue weighted by molar-refractivity contribution is 6.35. The number of rotatable bonds is 10. The van der Waals surface area contributed by atoms with Gasteiger partial charge in [0, 0.05) is 24.7 Å². The van der Waals surface area contributed by atoms with Crippen LogP contribution in [0.1, 0.15) is 19.3 Å². The summed E-state index contributed by atoms with van der Waals surface area (Å²) in [6.07, 6.45) is 0.423. The zero-order valence-electron chi connectivity index (χ0n) is 16.4. The summed E-state index contributed by atoms with van der Waals surface area (Å²) in [7, 11) is 1.95. The van der Waals surface area contributed by atoms with Crippen LogP contribution < -0.4 is 10.1 Å². The van der Waals surface area contributed by atoms with Crippen molar-refractivity contribution >= 4 is 35.1 Å². The topological polar surface area (TPSA) is 108 Å². The first kappa shape index (κ1) is 25.5. The number of morpholine rings is 1. The molecule has 8 nitrogen and oxygen atoms in total. The third-order valence-electron chi connectivity index (χ3n) is 4.02. The molecule has 0 amide bonds. The lowest BCUT2D eigenvalue weighted by Gasteiger charge is -2.31. The van der Waals surface area contributed by atoms with Gasteiger partial charge in [0.25, 0.3) is 0 Å². The Labute approximate surface area is 180 Å². The van der Waals surface area contributed by atoms with E-state index in [9.17, 15) is 9.59 Å². The zero-order chi connectivity index (χ0) is 21.6. The van der Waals surface area contributed by atoms with E-state index in [2.05, 4.69) is 10.2 Å². The number of nitrogens with zero attached hydrogens (tertiary/aromatic N) is 1. The normalized spacial score (nSPS) is 15.1. The molecule has 1 aliphatic rings. The highest BCUT2D eigenvalue weighted by atomic mass is 35.5. The van der Waals surface area contributed by atoms with Gasteiger partial charge in [-0.05, 0) is 38.2 Å². The minimum Gasteiger partial charge on any atom is -0.487 e. The third-order valence-corrected chi connectivity index (χ3v) is 4.55. The number of carboxylic acid groups (broad SMARTS) is 2. The fraction of sp³-hybridized carbons (Fsp3) is 0.579. The second-order valence-corrected chi connectivity index (χ2v) is 7.25. The molecule has 1 aromatic rings. The van der Waals surface area contributed by atoms with Gasteiger partial charge in [0.05, 0.1) is 31.1 Å². The van der Waals surface area contributed by atoms with Crippen LogP contribution in [0.2, 0.25) is 10.0 Å². The average molecular weight is 451 g/mol. The van der Waals surface area contributed by atoms with Gasteiger partial charge in [0.2, 0.25) is 0 Å². The van der Waals surface area contributed by atoms with E-state index in [1.54, 1.807) is 12.1 Å². The molecular formula is C19H28Cl2N2O6. The van der Waals surface area contributed by atoms with Gasteiger partial charge in [-0.1, -0.05) is 23.2 Å². The predicted octanol–water partition coefficient (Wildman–Crippen LogP) is 2.62. The minimum absolute atomic E-state index is 0.0919. The van der Waals surface area contributed by atoms with Gasteiger partial charge in [-0.25, -0.2) is 0 Å². The molecule has 1 heterocycles. The van der Waals surface area contributed by atoms with Crippen LogP contribution >= 0.6 is 23.2 Å². The van der Waals surface area contributed by atoms with Crippen LogP contribution in [0.5, 0.6) is 5.75 Å². The first-order valence-electron chi connectivity index (χ1n) is 9.31. The Bertz CT molecular complexity index is 627. The monoisotopic (exact) mass is 450 g/mol. The Morgan fingerprint density at radius 1 is 1.21 bits per heavy atom. The minimum atomic E-state index is -1.08. The van der Waals surface area contributed by atoms with Gasteiger partial charge in [-0.3, -0.25) is 14.5 Å². The molecule has 1 fully saturated rings. The molecule has 2 rings (SSSR count). The van der Waals surface area contributed by atoms with Crippen LogP contribution in [0.3, 0.4) is 0 Å². The molecule has 1 saturated heterocycles. The Kier molecular flexibility index (Phi) is 12.6. The van der Waals surface area contributed by atoms with Gasteiger partial charge < -0.3 is 25.0 Å². The van der Waals surface area contributed by atoms with E-state index in [-0.39, 0.29) is 18.9 Å². The van der Waals surface area contributed by atoms with Crippen molar-refractivity contribution in [2.75, 3.05) is 46.4 Å². The number of aliphatic carboxylic acids is 2. The Balaban J connectivity index is 0.000000447. The van der Waals surface area contributed by atoms with E-state index in [1.165, 1.54) is 0 Å². The van der Waals surface area contributed by atoms with Gasteiger partial charge in [-0.2, -0.15) is 0 Å².